The van der Waals surface area contributed by atoms with Crippen LogP contribution in [0.25, 0.3) is 22.2 Å². The maximum absolute atomic E-state index is 6.10. The number of aryl methyl sites for hydroxylation is 2. The van der Waals surface area contributed by atoms with Crippen molar-refractivity contribution in [2.45, 2.75) is 52.0 Å². The van der Waals surface area contributed by atoms with E-state index in [1.165, 1.54) is 41.3 Å². The molecule has 4 nitrogen and oxygen atoms in total. The first-order valence-corrected chi connectivity index (χ1v) is 12.8. The fourth-order valence-electron chi connectivity index (χ4n) is 4.91. The number of halogens is 1. The smallest absolute Gasteiger partial charge is 0.141 e. The van der Waals surface area contributed by atoms with Crippen molar-refractivity contribution < 1.29 is 4.52 Å². The van der Waals surface area contributed by atoms with Gasteiger partial charge in [-0.2, -0.15) is 11.8 Å². The average Bonchev–Trinajstić information content (AvgIpc) is 3.35. The Morgan fingerprint density at radius 1 is 1.12 bits per heavy atom. The quantitative estimate of drug-likeness (QED) is 0.308. The van der Waals surface area contributed by atoms with Crippen molar-refractivity contribution in [3.05, 3.63) is 70.3 Å². The Morgan fingerprint density at radius 3 is 2.56 bits per heavy atom. The summed E-state index contributed by atoms with van der Waals surface area (Å²) in [4.78, 5) is 5.21. The van der Waals surface area contributed by atoms with Crippen LogP contribution in [0.15, 0.2) is 47.0 Å². The zero-order chi connectivity index (χ0) is 22.2. The molecular formula is C26H28ClN3OS. The van der Waals surface area contributed by atoms with Crippen molar-refractivity contribution in [2.75, 3.05) is 11.5 Å². The normalized spacial score (nSPS) is 16.0. The second-order valence-electron chi connectivity index (χ2n) is 8.82. The van der Waals surface area contributed by atoms with Gasteiger partial charge in [0, 0.05) is 22.5 Å². The topological polar surface area (TPSA) is 43.9 Å². The van der Waals surface area contributed by atoms with Gasteiger partial charge in [0.15, 0.2) is 0 Å². The highest BCUT2D eigenvalue weighted by Gasteiger charge is 2.25. The Hall–Kier alpha value is -2.24. The second-order valence-corrected chi connectivity index (χ2v) is 10.5. The highest BCUT2D eigenvalue weighted by Crippen LogP contribution is 2.37. The molecule has 1 unspecified atom stereocenters. The summed E-state index contributed by atoms with van der Waals surface area (Å²) < 4.78 is 7.95. The largest absolute Gasteiger partial charge is 0.361 e. The SMILES string of the molecule is Cc1noc(C)c1-c1ccc2c(c1)nc(C(C)Cc1ccc(Cl)cc1)n2C1CCSCC1. The van der Waals surface area contributed by atoms with Gasteiger partial charge in [-0.05, 0) is 80.0 Å². The number of nitrogens with zero attached hydrogens (tertiary/aromatic N) is 3. The summed E-state index contributed by atoms with van der Waals surface area (Å²) in [6.07, 6.45) is 3.34. The number of rotatable bonds is 5. The summed E-state index contributed by atoms with van der Waals surface area (Å²) in [6, 6.07) is 15.3. The summed E-state index contributed by atoms with van der Waals surface area (Å²) in [5.41, 5.74) is 6.69. The van der Waals surface area contributed by atoms with E-state index in [-0.39, 0.29) is 0 Å². The third kappa shape index (κ3) is 4.08. The molecule has 1 fully saturated rings. The van der Waals surface area contributed by atoms with Crippen LogP contribution in [0, 0.1) is 13.8 Å². The summed E-state index contributed by atoms with van der Waals surface area (Å²) in [6.45, 7) is 6.25. The van der Waals surface area contributed by atoms with Crippen molar-refractivity contribution in [1.29, 1.82) is 0 Å². The zero-order valence-electron chi connectivity index (χ0n) is 18.8. The molecule has 2 aromatic heterocycles. The Kier molecular flexibility index (Phi) is 6.04. The standard InChI is InChI=1S/C26H28ClN3OS/c1-16(14-19-4-7-21(27)8-5-19)26-28-23-15-20(25-17(2)29-31-18(25)3)6-9-24(23)30(26)22-10-12-32-13-11-22/h4-9,15-16,22H,10-14H2,1-3H3. The monoisotopic (exact) mass is 465 g/mol. The van der Waals surface area contributed by atoms with Gasteiger partial charge in [0.05, 0.1) is 16.7 Å². The maximum atomic E-state index is 6.10. The summed E-state index contributed by atoms with van der Waals surface area (Å²) in [5, 5.41) is 4.92. The fraction of sp³-hybridized carbons (Fsp3) is 0.385. The molecule has 2 aromatic carbocycles. The highest BCUT2D eigenvalue weighted by atomic mass is 35.5. The van der Waals surface area contributed by atoms with Crippen LogP contribution < -0.4 is 0 Å². The lowest BCUT2D eigenvalue weighted by Crippen LogP contribution is -2.19. The lowest BCUT2D eigenvalue weighted by atomic mass is 9.99. The Morgan fingerprint density at radius 2 is 1.88 bits per heavy atom. The maximum Gasteiger partial charge on any atom is 0.141 e. The molecule has 6 heteroatoms. The lowest BCUT2D eigenvalue weighted by Gasteiger charge is -2.27. The number of benzene rings is 2. The van der Waals surface area contributed by atoms with Crippen molar-refractivity contribution >= 4 is 34.4 Å². The van der Waals surface area contributed by atoms with Gasteiger partial charge in [0.2, 0.25) is 0 Å². The number of thioether (sulfide) groups is 1. The third-order valence-corrected chi connectivity index (χ3v) is 7.79. The fourth-order valence-corrected chi connectivity index (χ4v) is 6.12. The van der Waals surface area contributed by atoms with E-state index in [0.29, 0.717) is 12.0 Å². The minimum atomic E-state index is 0.306. The van der Waals surface area contributed by atoms with Crippen LogP contribution in [0.4, 0.5) is 0 Å². The van der Waals surface area contributed by atoms with E-state index in [2.05, 4.69) is 58.7 Å². The Balaban J connectivity index is 1.58. The van der Waals surface area contributed by atoms with Crippen molar-refractivity contribution in [3.8, 4) is 11.1 Å². The molecule has 0 bridgehead atoms. The van der Waals surface area contributed by atoms with Crippen LogP contribution >= 0.6 is 23.4 Å². The van der Waals surface area contributed by atoms with E-state index in [0.717, 1.165) is 39.5 Å². The predicted molar refractivity (Wildman–Crippen MR) is 134 cm³/mol. The van der Waals surface area contributed by atoms with Crippen LogP contribution in [0.1, 0.15) is 54.6 Å². The molecule has 1 saturated heterocycles. The molecule has 1 aliphatic rings. The minimum absolute atomic E-state index is 0.306. The van der Waals surface area contributed by atoms with Gasteiger partial charge in [-0.25, -0.2) is 4.98 Å². The number of aromatic nitrogens is 3. The van der Waals surface area contributed by atoms with Crippen molar-refractivity contribution in [3.63, 3.8) is 0 Å². The molecule has 1 aliphatic heterocycles. The van der Waals surface area contributed by atoms with E-state index < -0.39 is 0 Å². The number of fused-ring (bicyclic) bond motifs is 1. The summed E-state index contributed by atoms with van der Waals surface area (Å²) in [7, 11) is 0. The van der Waals surface area contributed by atoms with Crippen LogP contribution in [-0.4, -0.2) is 26.2 Å². The molecule has 1 atom stereocenters. The third-order valence-electron chi connectivity index (χ3n) is 6.49. The van der Waals surface area contributed by atoms with Gasteiger partial charge in [-0.1, -0.05) is 41.9 Å². The Labute approximate surface area is 198 Å². The van der Waals surface area contributed by atoms with Gasteiger partial charge in [-0.15, -0.1) is 0 Å². The molecule has 5 rings (SSSR count). The van der Waals surface area contributed by atoms with E-state index >= 15 is 0 Å². The zero-order valence-corrected chi connectivity index (χ0v) is 20.3. The first-order valence-electron chi connectivity index (χ1n) is 11.3. The van der Waals surface area contributed by atoms with Crippen molar-refractivity contribution in [1.82, 2.24) is 14.7 Å². The molecular weight excluding hydrogens is 438 g/mol. The van der Waals surface area contributed by atoms with Gasteiger partial charge in [0.1, 0.15) is 11.6 Å². The van der Waals surface area contributed by atoms with Crippen LogP contribution in [0.3, 0.4) is 0 Å². The van der Waals surface area contributed by atoms with E-state index in [4.69, 9.17) is 21.1 Å². The summed E-state index contributed by atoms with van der Waals surface area (Å²) in [5.74, 6) is 4.77. The molecule has 0 aliphatic carbocycles. The van der Waals surface area contributed by atoms with E-state index in [9.17, 15) is 0 Å². The molecule has 0 saturated carbocycles. The summed E-state index contributed by atoms with van der Waals surface area (Å²) >= 11 is 8.15. The molecule has 3 heterocycles. The highest BCUT2D eigenvalue weighted by molar-refractivity contribution is 7.99. The molecule has 4 aromatic rings. The first kappa shape index (κ1) is 21.6. The molecule has 0 N–H and O–H groups in total. The molecule has 32 heavy (non-hydrogen) atoms. The van der Waals surface area contributed by atoms with Gasteiger partial charge in [0.25, 0.3) is 0 Å². The van der Waals surface area contributed by atoms with Gasteiger partial charge in [-0.3, -0.25) is 0 Å². The molecule has 0 radical (unpaired) electrons. The second kappa shape index (κ2) is 8.95. The molecule has 166 valence electrons. The van der Waals surface area contributed by atoms with Crippen LogP contribution in [0.2, 0.25) is 5.02 Å². The average molecular weight is 466 g/mol. The number of hydrogen-bond acceptors (Lipinski definition) is 4. The molecule has 0 amide bonds. The number of imidazole rings is 1. The van der Waals surface area contributed by atoms with Gasteiger partial charge < -0.3 is 9.09 Å². The van der Waals surface area contributed by atoms with Gasteiger partial charge >= 0.3 is 0 Å². The van der Waals surface area contributed by atoms with E-state index in [1.54, 1.807) is 0 Å². The van der Waals surface area contributed by atoms with Crippen LogP contribution in [0.5, 0.6) is 0 Å². The minimum Gasteiger partial charge on any atom is -0.361 e. The first-order chi connectivity index (χ1) is 15.5. The van der Waals surface area contributed by atoms with Crippen LogP contribution in [-0.2, 0) is 6.42 Å². The predicted octanol–water partition coefficient (Wildman–Crippen LogP) is 7.38. The van der Waals surface area contributed by atoms with Crippen molar-refractivity contribution in [2.24, 2.45) is 0 Å². The molecule has 0 spiro atoms. The number of hydrogen-bond donors (Lipinski definition) is 0. The lowest BCUT2D eigenvalue weighted by molar-refractivity contribution is 0.393. The Bertz CT molecular complexity index is 1220. The van der Waals surface area contributed by atoms with E-state index in [1.807, 2.05) is 26.0 Å².